The smallest absolute Gasteiger partial charge is 0.227 e. The molecule has 0 saturated heterocycles. The predicted molar refractivity (Wildman–Crippen MR) is 49.6 cm³/mol. The second kappa shape index (κ2) is 2.87. The van der Waals surface area contributed by atoms with E-state index in [-0.39, 0.29) is 5.91 Å². The van der Waals surface area contributed by atoms with Gasteiger partial charge in [0.1, 0.15) is 5.82 Å². The van der Waals surface area contributed by atoms with Crippen LogP contribution in [0.1, 0.15) is 18.5 Å². The summed E-state index contributed by atoms with van der Waals surface area (Å²) in [6, 6.07) is 1.95. The Balaban J connectivity index is 2.44. The van der Waals surface area contributed by atoms with E-state index in [1.165, 1.54) is 0 Å². The molecule has 2 heterocycles. The van der Waals surface area contributed by atoms with Gasteiger partial charge in [0.25, 0.3) is 0 Å². The summed E-state index contributed by atoms with van der Waals surface area (Å²) in [5, 5.41) is 4.32. The number of hydrogen-bond acceptors (Lipinski definition) is 2. The van der Waals surface area contributed by atoms with Crippen molar-refractivity contribution in [3.05, 3.63) is 11.8 Å². The summed E-state index contributed by atoms with van der Waals surface area (Å²) in [5.41, 5.74) is 0.969. The Morgan fingerprint density at radius 2 is 2.31 bits per heavy atom. The number of aromatic nitrogens is 2. The average Bonchev–Trinajstić information content (AvgIpc) is 2.40. The third-order valence-electron chi connectivity index (χ3n) is 2.36. The number of anilines is 1. The average molecular weight is 179 g/mol. The number of nitrogens with zero attached hydrogens (tertiary/aromatic N) is 3. The van der Waals surface area contributed by atoms with Crippen LogP contribution in [-0.2, 0) is 11.3 Å². The summed E-state index contributed by atoms with van der Waals surface area (Å²) < 4.78 is 1.90. The standard InChI is InChI=1S/C9H13N3O/c1-7-6-8-11(2)9(13)4-3-5-12(8)10-7/h6H,3-5H2,1-2H3. The van der Waals surface area contributed by atoms with Crippen molar-refractivity contribution in [3.63, 3.8) is 0 Å². The molecule has 70 valence electrons. The third kappa shape index (κ3) is 1.32. The molecule has 0 aromatic carbocycles. The van der Waals surface area contributed by atoms with Gasteiger partial charge >= 0.3 is 0 Å². The number of rotatable bonds is 0. The number of carbonyl (C=O) groups is 1. The van der Waals surface area contributed by atoms with E-state index in [1.54, 1.807) is 11.9 Å². The highest BCUT2D eigenvalue weighted by atomic mass is 16.2. The lowest BCUT2D eigenvalue weighted by atomic mass is 10.3. The Labute approximate surface area is 77.1 Å². The molecule has 1 aliphatic heterocycles. The van der Waals surface area contributed by atoms with Crippen LogP contribution in [0.25, 0.3) is 0 Å². The summed E-state index contributed by atoms with van der Waals surface area (Å²) in [6.45, 7) is 2.79. The van der Waals surface area contributed by atoms with Gasteiger partial charge in [0.2, 0.25) is 5.91 Å². The second-order valence-electron chi connectivity index (χ2n) is 3.42. The van der Waals surface area contributed by atoms with Crippen LogP contribution in [0.4, 0.5) is 5.82 Å². The van der Waals surface area contributed by atoms with E-state index in [2.05, 4.69) is 5.10 Å². The van der Waals surface area contributed by atoms with Gasteiger partial charge in [0.05, 0.1) is 5.69 Å². The lowest BCUT2D eigenvalue weighted by molar-refractivity contribution is -0.118. The molecule has 4 nitrogen and oxygen atoms in total. The zero-order chi connectivity index (χ0) is 9.42. The van der Waals surface area contributed by atoms with Crippen LogP contribution in [0, 0.1) is 6.92 Å². The number of fused-ring (bicyclic) bond motifs is 1. The fraction of sp³-hybridized carbons (Fsp3) is 0.556. The van der Waals surface area contributed by atoms with Crippen molar-refractivity contribution in [2.75, 3.05) is 11.9 Å². The van der Waals surface area contributed by atoms with E-state index in [4.69, 9.17) is 0 Å². The van der Waals surface area contributed by atoms with Crippen LogP contribution >= 0.6 is 0 Å². The maximum atomic E-state index is 11.5. The van der Waals surface area contributed by atoms with Gasteiger partial charge in [-0.1, -0.05) is 0 Å². The quantitative estimate of drug-likeness (QED) is 0.594. The first kappa shape index (κ1) is 8.29. The highest BCUT2D eigenvalue weighted by Gasteiger charge is 2.19. The Bertz CT molecular complexity index is 343. The van der Waals surface area contributed by atoms with E-state index < -0.39 is 0 Å². The Hall–Kier alpha value is -1.32. The first-order valence-electron chi connectivity index (χ1n) is 4.49. The van der Waals surface area contributed by atoms with Gasteiger partial charge < -0.3 is 4.90 Å². The van der Waals surface area contributed by atoms with Crippen molar-refractivity contribution < 1.29 is 4.79 Å². The zero-order valence-corrected chi connectivity index (χ0v) is 7.95. The monoisotopic (exact) mass is 179 g/mol. The Morgan fingerprint density at radius 3 is 3.08 bits per heavy atom. The largest absolute Gasteiger partial charge is 0.300 e. The van der Waals surface area contributed by atoms with Crippen LogP contribution in [0.2, 0.25) is 0 Å². The topological polar surface area (TPSA) is 38.1 Å². The fourth-order valence-corrected chi connectivity index (χ4v) is 1.64. The highest BCUT2D eigenvalue weighted by Crippen LogP contribution is 2.19. The van der Waals surface area contributed by atoms with Gasteiger partial charge in [-0.2, -0.15) is 5.10 Å². The van der Waals surface area contributed by atoms with E-state index in [0.717, 1.165) is 24.5 Å². The SMILES string of the molecule is Cc1cc2n(n1)CCCC(=O)N2C. The Kier molecular flexibility index (Phi) is 1.83. The normalized spacial score (nSPS) is 17.1. The molecule has 1 amide bonds. The van der Waals surface area contributed by atoms with E-state index in [1.807, 2.05) is 17.7 Å². The molecule has 13 heavy (non-hydrogen) atoms. The summed E-state index contributed by atoms with van der Waals surface area (Å²) >= 11 is 0. The van der Waals surface area contributed by atoms with Crippen molar-refractivity contribution >= 4 is 11.7 Å². The van der Waals surface area contributed by atoms with Gasteiger partial charge in [-0.3, -0.25) is 4.79 Å². The summed E-state index contributed by atoms with van der Waals surface area (Å²) in [4.78, 5) is 13.2. The molecule has 0 bridgehead atoms. The van der Waals surface area contributed by atoms with E-state index in [9.17, 15) is 4.79 Å². The van der Waals surface area contributed by atoms with Gasteiger partial charge in [-0.15, -0.1) is 0 Å². The predicted octanol–water partition coefficient (Wildman–Crippen LogP) is 0.948. The Morgan fingerprint density at radius 1 is 1.54 bits per heavy atom. The molecule has 0 unspecified atom stereocenters. The lowest BCUT2D eigenvalue weighted by Crippen LogP contribution is -2.25. The van der Waals surface area contributed by atoms with E-state index in [0.29, 0.717) is 6.42 Å². The summed E-state index contributed by atoms with van der Waals surface area (Å²) in [5.74, 6) is 1.10. The minimum atomic E-state index is 0.179. The molecule has 0 N–H and O–H groups in total. The molecule has 0 aliphatic carbocycles. The van der Waals surface area contributed by atoms with Crippen LogP contribution < -0.4 is 4.90 Å². The van der Waals surface area contributed by atoms with Gasteiger partial charge in [-0.05, 0) is 13.3 Å². The molecular formula is C9H13N3O. The minimum absolute atomic E-state index is 0.179. The molecule has 4 heteroatoms. The van der Waals surface area contributed by atoms with Gasteiger partial charge in [0, 0.05) is 26.1 Å². The highest BCUT2D eigenvalue weighted by molar-refractivity contribution is 5.92. The molecule has 0 atom stereocenters. The molecule has 1 aromatic rings. The van der Waals surface area contributed by atoms with Crippen molar-refractivity contribution in [3.8, 4) is 0 Å². The number of amides is 1. The molecule has 0 fully saturated rings. The van der Waals surface area contributed by atoms with Crippen molar-refractivity contribution in [1.82, 2.24) is 9.78 Å². The van der Waals surface area contributed by atoms with Crippen molar-refractivity contribution in [2.24, 2.45) is 0 Å². The van der Waals surface area contributed by atoms with E-state index >= 15 is 0 Å². The minimum Gasteiger partial charge on any atom is -0.300 e. The third-order valence-corrected chi connectivity index (χ3v) is 2.36. The number of hydrogen-bond donors (Lipinski definition) is 0. The maximum Gasteiger partial charge on any atom is 0.227 e. The lowest BCUT2D eigenvalue weighted by Gasteiger charge is -2.13. The maximum absolute atomic E-state index is 11.5. The zero-order valence-electron chi connectivity index (χ0n) is 7.95. The van der Waals surface area contributed by atoms with Crippen LogP contribution in [0.15, 0.2) is 6.07 Å². The van der Waals surface area contributed by atoms with Crippen LogP contribution in [0.3, 0.4) is 0 Å². The van der Waals surface area contributed by atoms with Crippen molar-refractivity contribution in [2.45, 2.75) is 26.3 Å². The second-order valence-corrected chi connectivity index (χ2v) is 3.42. The van der Waals surface area contributed by atoms with Crippen LogP contribution in [-0.4, -0.2) is 22.7 Å². The summed E-state index contributed by atoms with van der Waals surface area (Å²) in [6.07, 6.45) is 1.51. The van der Waals surface area contributed by atoms with Crippen LogP contribution in [0.5, 0.6) is 0 Å². The number of carbonyl (C=O) groups excluding carboxylic acids is 1. The van der Waals surface area contributed by atoms with Crippen molar-refractivity contribution in [1.29, 1.82) is 0 Å². The molecule has 1 aromatic heterocycles. The van der Waals surface area contributed by atoms with Gasteiger partial charge in [0.15, 0.2) is 0 Å². The molecule has 1 aliphatic rings. The fourth-order valence-electron chi connectivity index (χ4n) is 1.64. The number of aryl methyl sites for hydroxylation is 2. The van der Waals surface area contributed by atoms with Gasteiger partial charge in [-0.25, -0.2) is 4.68 Å². The molecular weight excluding hydrogens is 166 g/mol. The molecule has 0 radical (unpaired) electrons. The molecule has 2 rings (SSSR count). The molecule has 0 saturated carbocycles. The first-order valence-corrected chi connectivity index (χ1v) is 4.49. The molecule has 0 spiro atoms. The first-order chi connectivity index (χ1) is 6.18. The summed E-state index contributed by atoms with van der Waals surface area (Å²) in [7, 11) is 1.81.